The largest absolute Gasteiger partial charge is 0.322 e. The van der Waals surface area contributed by atoms with E-state index in [0.29, 0.717) is 21.8 Å². The molecule has 0 saturated heterocycles. The van der Waals surface area contributed by atoms with Gasteiger partial charge in [-0.3, -0.25) is 5.10 Å². The maximum atomic E-state index is 11.7. The van der Waals surface area contributed by atoms with E-state index >= 15 is 0 Å². The van der Waals surface area contributed by atoms with Crippen molar-refractivity contribution >= 4 is 56.6 Å². The summed E-state index contributed by atoms with van der Waals surface area (Å²) in [7, 11) is -1.44. The molecule has 1 atom stereocenters. The van der Waals surface area contributed by atoms with Crippen molar-refractivity contribution in [2.75, 3.05) is 5.32 Å². The molecule has 0 amide bonds. The summed E-state index contributed by atoms with van der Waals surface area (Å²) in [5.74, 6) is 2.49. The second-order valence-corrected chi connectivity index (χ2v) is 8.89. The van der Waals surface area contributed by atoms with Crippen molar-refractivity contribution in [3.8, 4) is 10.7 Å². The minimum absolute atomic E-state index is 0.543. The van der Waals surface area contributed by atoms with Gasteiger partial charge in [-0.1, -0.05) is 0 Å². The van der Waals surface area contributed by atoms with Gasteiger partial charge >= 0.3 is 0 Å². The fraction of sp³-hybridized carbons (Fsp3) is 0.200. The summed E-state index contributed by atoms with van der Waals surface area (Å²) < 4.78 is 16.6. The fourth-order valence-corrected chi connectivity index (χ4v) is 4.29. The Balaban J connectivity index is 1.60. The van der Waals surface area contributed by atoms with Crippen LogP contribution in [-0.4, -0.2) is 31.1 Å². The number of rotatable bonds is 6. The minimum atomic E-state index is -1.44. The van der Waals surface area contributed by atoms with Gasteiger partial charge in [-0.2, -0.15) is 9.50 Å². The lowest BCUT2D eigenvalue weighted by atomic mass is 10.3. The Morgan fingerprint density at radius 2 is 2.28 bits per heavy atom. The Morgan fingerprint density at radius 3 is 3.04 bits per heavy atom. The van der Waals surface area contributed by atoms with Crippen LogP contribution in [0, 0.1) is 0 Å². The Morgan fingerprint density at radius 1 is 1.44 bits per heavy atom. The van der Waals surface area contributed by atoms with Gasteiger partial charge in [0.2, 0.25) is 0 Å². The van der Waals surface area contributed by atoms with E-state index in [9.17, 15) is 4.21 Å². The molecule has 3 aromatic rings. The predicted octanol–water partition coefficient (Wildman–Crippen LogP) is 4.03. The third kappa shape index (κ3) is 3.55. The molecule has 1 fully saturated rings. The molecule has 1 aliphatic rings. The van der Waals surface area contributed by atoms with Crippen molar-refractivity contribution in [2.24, 2.45) is 4.40 Å². The Labute approximate surface area is 158 Å². The lowest BCUT2D eigenvalue weighted by molar-refractivity contribution is 0.686. The monoisotopic (exact) mass is 436 g/mol. The number of nitrogens with zero attached hydrogens (tertiary/aromatic N) is 4. The van der Waals surface area contributed by atoms with E-state index in [0.717, 1.165) is 20.9 Å². The lowest BCUT2D eigenvalue weighted by Gasteiger charge is -2.05. The molecule has 25 heavy (non-hydrogen) atoms. The summed E-state index contributed by atoms with van der Waals surface area (Å²) in [6.45, 7) is 3.31. The van der Waals surface area contributed by atoms with Crippen molar-refractivity contribution in [1.82, 2.24) is 20.2 Å². The van der Waals surface area contributed by atoms with Gasteiger partial charge in [-0.15, -0.1) is 11.3 Å². The van der Waals surface area contributed by atoms with Crippen LogP contribution in [0.1, 0.15) is 24.5 Å². The first-order valence-corrected chi connectivity index (χ1v) is 10.2. The molecular weight excluding hydrogens is 424 g/mol. The van der Waals surface area contributed by atoms with Gasteiger partial charge in [0.25, 0.3) is 0 Å². The van der Waals surface area contributed by atoms with Crippen LogP contribution in [0.25, 0.3) is 10.7 Å². The summed E-state index contributed by atoms with van der Waals surface area (Å²) in [6.07, 6.45) is 4.11. The second kappa shape index (κ2) is 6.77. The van der Waals surface area contributed by atoms with Gasteiger partial charge in [0.1, 0.15) is 10.0 Å². The van der Waals surface area contributed by atoms with Gasteiger partial charge in [-0.25, -0.2) is 14.2 Å². The smallest absolute Gasteiger partial charge is 0.182 e. The number of hydrogen-bond acceptors (Lipinski definition) is 6. The molecule has 1 aliphatic carbocycles. The van der Waals surface area contributed by atoms with E-state index in [-0.39, 0.29) is 0 Å². The van der Waals surface area contributed by atoms with Crippen molar-refractivity contribution in [3.63, 3.8) is 0 Å². The van der Waals surface area contributed by atoms with Crippen LogP contribution in [0.2, 0.25) is 0 Å². The molecule has 3 aromatic heterocycles. The molecule has 2 N–H and O–H groups in total. The van der Waals surface area contributed by atoms with E-state index in [2.05, 4.69) is 52.5 Å². The number of aromatic amines is 1. The fourth-order valence-electron chi connectivity index (χ4n) is 2.30. The quantitative estimate of drug-likeness (QED) is 0.568. The van der Waals surface area contributed by atoms with Crippen LogP contribution in [0.3, 0.4) is 0 Å². The van der Waals surface area contributed by atoms with Crippen LogP contribution < -0.4 is 5.32 Å². The molecule has 0 spiro atoms. The van der Waals surface area contributed by atoms with E-state index in [1.807, 2.05) is 12.1 Å². The van der Waals surface area contributed by atoms with Crippen LogP contribution in [0.15, 0.2) is 37.5 Å². The van der Waals surface area contributed by atoms with Crippen molar-refractivity contribution in [2.45, 2.75) is 23.0 Å². The molecule has 0 radical (unpaired) electrons. The van der Waals surface area contributed by atoms with Gasteiger partial charge < -0.3 is 5.32 Å². The number of anilines is 2. The van der Waals surface area contributed by atoms with Gasteiger partial charge in [0.05, 0.1) is 9.35 Å². The highest BCUT2D eigenvalue weighted by Crippen LogP contribution is 2.40. The first kappa shape index (κ1) is 16.6. The summed E-state index contributed by atoms with van der Waals surface area (Å²) in [6, 6.07) is 5.59. The van der Waals surface area contributed by atoms with Gasteiger partial charge in [-0.05, 0) is 40.9 Å². The van der Waals surface area contributed by atoms with Crippen molar-refractivity contribution in [3.05, 3.63) is 34.6 Å². The Hall–Kier alpha value is -1.91. The maximum absolute atomic E-state index is 11.7. The second-order valence-electron chi connectivity index (χ2n) is 5.49. The zero-order valence-corrected chi connectivity index (χ0v) is 16.1. The van der Waals surface area contributed by atoms with E-state index < -0.39 is 11.0 Å². The van der Waals surface area contributed by atoms with Gasteiger partial charge in [0, 0.05) is 30.6 Å². The first-order chi connectivity index (χ1) is 12.1. The summed E-state index contributed by atoms with van der Waals surface area (Å²) in [4.78, 5) is 9.69. The molecule has 0 aromatic carbocycles. The topological polar surface area (TPSA) is 95.9 Å². The number of nitrogens with one attached hydrogen (secondary N) is 2. The molecule has 1 saturated carbocycles. The van der Waals surface area contributed by atoms with Crippen molar-refractivity contribution < 1.29 is 4.21 Å². The number of halogens is 1. The highest BCUT2D eigenvalue weighted by Gasteiger charge is 2.25. The number of hydrogen-bond donors (Lipinski definition) is 2. The molecule has 1 unspecified atom stereocenters. The summed E-state index contributed by atoms with van der Waals surface area (Å²) in [5, 5.41) is 10.5. The summed E-state index contributed by atoms with van der Waals surface area (Å²) in [5.41, 5.74) is 1.15. The Kier molecular flexibility index (Phi) is 4.48. The number of aromatic nitrogens is 4. The molecule has 0 aliphatic heterocycles. The highest BCUT2D eigenvalue weighted by atomic mass is 79.9. The maximum Gasteiger partial charge on any atom is 0.182 e. The molecule has 128 valence electrons. The molecule has 7 nitrogen and oxygen atoms in total. The van der Waals surface area contributed by atoms with E-state index in [1.165, 1.54) is 24.2 Å². The van der Waals surface area contributed by atoms with E-state index in [4.69, 9.17) is 0 Å². The minimum Gasteiger partial charge on any atom is -0.322 e. The third-order valence-electron chi connectivity index (χ3n) is 3.70. The average Bonchev–Trinajstić information content (AvgIpc) is 3.17. The van der Waals surface area contributed by atoms with Crippen molar-refractivity contribution in [1.29, 1.82) is 0 Å². The van der Waals surface area contributed by atoms with Crippen LogP contribution in [0.4, 0.5) is 11.6 Å². The first-order valence-electron chi connectivity index (χ1n) is 7.47. The highest BCUT2D eigenvalue weighted by molar-refractivity contribution is 9.10. The molecule has 4 rings (SSSR count). The number of H-pyrrole nitrogens is 1. The summed E-state index contributed by atoms with van der Waals surface area (Å²) >= 11 is 4.79. The zero-order valence-electron chi connectivity index (χ0n) is 12.9. The third-order valence-corrected chi connectivity index (χ3v) is 6.55. The molecular formula is C15H13BrN6OS2. The van der Waals surface area contributed by atoms with Crippen LogP contribution >= 0.6 is 27.3 Å². The zero-order chi connectivity index (χ0) is 17.4. The standard InChI is InChI=1S/C15H13BrN6OS2/c1-17-25(23)13-5-4-11(24-13)15-18-7-9(16)14(20-15)19-12-6-10(21-22-12)8-2-3-8/h4-8H,1-3H2,(H2,18,19,20,21,22). The van der Waals surface area contributed by atoms with Crippen LogP contribution in [-0.2, 0) is 11.0 Å². The molecule has 10 heteroatoms. The molecule has 0 bridgehead atoms. The Bertz CT molecular complexity index is 965. The van der Waals surface area contributed by atoms with Gasteiger partial charge in [0.15, 0.2) is 22.6 Å². The predicted molar refractivity (Wildman–Crippen MR) is 103 cm³/mol. The SMILES string of the molecule is C=NS(=O)c1ccc(-c2ncc(Br)c(Nc3cc(C4CC4)[nH]n3)n2)s1. The van der Waals surface area contributed by atoms with Crippen LogP contribution in [0.5, 0.6) is 0 Å². The van der Waals surface area contributed by atoms with E-state index in [1.54, 1.807) is 12.3 Å². The number of thiophene rings is 1. The lowest BCUT2D eigenvalue weighted by Crippen LogP contribution is -1.98. The molecule has 3 heterocycles. The average molecular weight is 437 g/mol. The normalized spacial score (nSPS) is 15.1.